The molecule has 3 nitrogen and oxygen atoms in total. The minimum absolute atomic E-state index is 0.347. The number of carbonyl (C=O) groups is 1. The number of carbonyl (C=O) groups excluding carboxylic acids is 1. The largest absolute Gasteiger partial charge is 0.466 e. The summed E-state index contributed by atoms with van der Waals surface area (Å²) in [7, 11) is 1.32. The van der Waals surface area contributed by atoms with Gasteiger partial charge in [-0.1, -0.05) is 28.1 Å². The van der Waals surface area contributed by atoms with Crippen LogP contribution in [0.3, 0.4) is 0 Å². The number of nitrogens with zero attached hydrogens (tertiary/aromatic N) is 1. The Bertz CT molecular complexity index is 741. The van der Waals surface area contributed by atoms with Gasteiger partial charge >= 0.3 is 5.97 Å². The maximum absolute atomic E-state index is 13.7. The van der Waals surface area contributed by atoms with Crippen molar-refractivity contribution in [1.29, 1.82) is 0 Å². The summed E-state index contributed by atoms with van der Waals surface area (Å²) in [5.74, 6) is -0.772. The number of methoxy groups -OCH3 is 1. The lowest BCUT2D eigenvalue weighted by Crippen LogP contribution is -1.93. The molecule has 0 aromatic heterocycles. The highest BCUT2D eigenvalue weighted by atomic mass is 79.9. The van der Waals surface area contributed by atoms with E-state index < -0.39 is 5.97 Å². The van der Waals surface area contributed by atoms with E-state index in [4.69, 9.17) is 0 Å². The summed E-state index contributed by atoms with van der Waals surface area (Å²) in [5, 5.41) is 0. The smallest absolute Gasteiger partial charge is 0.330 e. The molecule has 0 unspecified atom stereocenters. The van der Waals surface area contributed by atoms with Crippen LogP contribution in [-0.4, -0.2) is 19.3 Å². The van der Waals surface area contributed by atoms with Crippen molar-refractivity contribution in [2.24, 2.45) is 4.99 Å². The fourth-order valence-electron chi connectivity index (χ4n) is 1.69. The van der Waals surface area contributed by atoms with Gasteiger partial charge in [0.25, 0.3) is 0 Å². The van der Waals surface area contributed by atoms with Crippen LogP contribution in [0.2, 0.25) is 0 Å². The van der Waals surface area contributed by atoms with E-state index in [0.717, 1.165) is 5.56 Å². The molecular weight excluding hydrogens is 349 g/mol. The molecule has 0 aliphatic carbocycles. The quantitative estimate of drug-likeness (QED) is 0.456. The molecular formula is C17H13BrFNO2. The first-order valence-electron chi connectivity index (χ1n) is 6.44. The van der Waals surface area contributed by atoms with Gasteiger partial charge in [0.2, 0.25) is 0 Å². The Balaban J connectivity index is 2.18. The monoisotopic (exact) mass is 361 g/mol. The van der Waals surface area contributed by atoms with Gasteiger partial charge in [0, 0.05) is 22.3 Å². The number of esters is 1. The highest BCUT2D eigenvalue weighted by Crippen LogP contribution is 2.17. The molecule has 0 bridgehead atoms. The number of halogens is 2. The van der Waals surface area contributed by atoms with E-state index >= 15 is 0 Å². The van der Waals surface area contributed by atoms with Crippen molar-refractivity contribution in [3.05, 3.63) is 70.0 Å². The molecule has 2 aromatic rings. The lowest BCUT2D eigenvalue weighted by atomic mass is 10.2. The predicted octanol–water partition coefficient (Wildman–Crippen LogP) is 4.53. The summed E-state index contributed by atoms with van der Waals surface area (Å²) in [5.41, 5.74) is 1.87. The Hall–Kier alpha value is -2.27. The minimum atomic E-state index is -0.425. The molecule has 0 aliphatic heterocycles. The highest BCUT2D eigenvalue weighted by Gasteiger charge is 2.00. The van der Waals surface area contributed by atoms with Crippen molar-refractivity contribution in [2.75, 3.05) is 7.11 Å². The van der Waals surface area contributed by atoms with Gasteiger partial charge in [-0.15, -0.1) is 0 Å². The van der Waals surface area contributed by atoms with E-state index in [1.807, 2.05) is 12.1 Å². The average Bonchev–Trinajstić information content (AvgIpc) is 2.52. The molecule has 0 N–H and O–H groups in total. The summed E-state index contributed by atoms with van der Waals surface area (Å²) >= 11 is 3.21. The second-order valence-corrected chi connectivity index (χ2v) is 5.29. The molecule has 112 valence electrons. The average molecular weight is 362 g/mol. The van der Waals surface area contributed by atoms with Crippen LogP contribution in [0.5, 0.6) is 0 Å². The fraction of sp³-hybridized carbons (Fsp3) is 0.0588. The van der Waals surface area contributed by atoms with Gasteiger partial charge in [0.15, 0.2) is 0 Å². The number of benzene rings is 2. The Morgan fingerprint density at radius 3 is 2.82 bits per heavy atom. The predicted molar refractivity (Wildman–Crippen MR) is 88.8 cm³/mol. The van der Waals surface area contributed by atoms with Crippen molar-refractivity contribution in [2.45, 2.75) is 0 Å². The van der Waals surface area contributed by atoms with Gasteiger partial charge < -0.3 is 4.74 Å². The molecule has 22 heavy (non-hydrogen) atoms. The van der Waals surface area contributed by atoms with Gasteiger partial charge in [-0.2, -0.15) is 0 Å². The fourth-order valence-corrected chi connectivity index (χ4v) is 2.02. The van der Waals surface area contributed by atoms with Crippen LogP contribution < -0.4 is 0 Å². The maximum atomic E-state index is 13.7. The van der Waals surface area contributed by atoms with Crippen molar-refractivity contribution < 1.29 is 13.9 Å². The van der Waals surface area contributed by atoms with Crippen molar-refractivity contribution in [3.63, 3.8) is 0 Å². The lowest BCUT2D eigenvalue weighted by molar-refractivity contribution is -0.134. The first kappa shape index (κ1) is 16.1. The summed E-state index contributed by atoms with van der Waals surface area (Å²) < 4.78 is 18.9. The van der Waals surface area contributed by atoms with E-state index in [1.54, 1.807) is 30.3 Å². The maximum Gasteiger partial charge on any atom is 0.330 e. The lowest BCUT2D eigenvalue weighted by Gasteiger charge is -1.99. The Morgan fingerprint density at radius 1 is 1.27 bits per heavy atom. The van der Waals surface area contributed by atoms with E-state index in [1.165, 1.54) is 25.5 Å². The van der Waals surface area contributed by atoms with Gasteiger partial charge in [0.1, 0.15) is 5.82 Å². The third kappa shape index (κ3) is 4.63. The van der Waals surface area contributed by atoms with Gasteiger partial charge in [-0.05, 0) is 42.0 Å². The van der Waals surface area contributed by atoms with Crippen LogP contribution in [0.4, 0.5) is 10.1 Å². The van der Waals surface area contributed by atoms with Crippen LogP contribution in [0.15, 0.2) is 58.0 Å². The third-order valence-electron chi connectivity index (χ3n) is 2.80. The topological polar surface area (TPSA) is 38.7 Å². The van der Waals surface area contributed by atoms with Crippen LogP contribution >= 0.6 is 15.9 Å². The van der Waals surface area contributed by atoms with Crippen LogP contribution in [0.1, 0.15) is 11.1 Å². The number of hydrogen-bond donors (Lipinski definition) is 0. The Morgan fingerprint density at radius 2 is 2.09 bits per heavy atom. The summed E-state index contributed by atoms with van der Waals surface area (Å²) in [6.07, 6.45) is 4.42. The highest BCUT2D eigenvalue weighted by molar-refractivity contribution is 9.10. The zero-order valence-corrected chi connectivity index (χ0v) is 13.4. The molecule has 0 heterocycles. The number of rotatable bonds is 4. The van der Waals surface area contributed by atoms with E-state index in [0.29, 0.717) is 15.7 Å². The van der Waals surface area contributed by atoms with E-state index in [9.17, 15) is 9.18 Å². The SMILES string of the molecule is COC(=O)/C=C/c1cccc(N=Cc2ccc(Br)cc2F)c1. The molecule has 0 fully saturated rings. The molecule has 0 aliphatic rings. The normalized spacial score (nSPS) is 11.2. The van der Waals surface area contributed by atoms with Gasteiger partial charge in [-0.3, -0.25) is 4.99 Å². The van der Waals surface area contributed by atoms with Crippen LogP contribution in [0.25, 0.3) is 6.08 Å². The molecule has 0 saturated carbocycles. The summed E-state index contributed by atoms with van der Waals surface area (Å²) in [6, 6.07) is 12.0. The third-order valence-corrected chi connectivity index (χ3v) is 3.29. The number of hydrogen-bond acceptors (Lipinski definition) is 3. The molecule has 2 rings (SSSR count). The van der Waals surface area contributed by atoms with E-state index in [-0.39, 0.29) is 5.82 Å². The molecule has 0 radical (unpaired) electrons. The first-order chi connectivity index (χ1) is 10.6. The zero-order chi connectivity index (χ0) is 15.9. The van der Waals surface area contributed by atoms with Crippen molar-refractivity contribution in [3.8, 4) is 0 Å². The molecule has 0 amide bonds. The molecule has 2 aromatic carbocycles. The van der Waals surface area contributed by atoms with Crippen molar-refractivity contribution in [1.82, 2.24) is 0 Å². The standard InChI is InChI=1S/C17H13BrFNO2/c1-22-17(21)8-5-12-3-2-4-15(9-12)20-11-13-6-7-14(18)10-16(13)19/h2-11H,1H3/b8-5+,20-11?. The summed E-state index contributed by atoms with van der Waals surface area (Å²) in [6.45, 7) is 0. The molecule has 0 saturated heterocycles. The van der Waals surface area contributed by atoms with Gasteiger partial charge in [0.05, 0.1) is 12.8 Å². The van der Waals surface area contributed by atoms with E-state index in [2.05, 4.69) is 25.7 Å². The Kier molecular flexibility index (Phi) is 5.61. The van der Waals surface area contributed by atoms with Crippen molar-refractivity contribution >= 4 is 39.9 Å². The summed E-state index contributed by atoms with van der Waals surface area (Å²) in [4.78, 5) is 15.3. The van der Waals surface area contributed by atoms with Gasteiger partial charge in [-0.25, -0.2) is 9.18 Å². The van der Waals surface area contributed by atoms with Crippen LogP contribution in [0, 0.1) is 5.82 Å². The first-order valence-corrected chi connectivity index (χ1v) is 7.23. The molecule has 0 atom stereocenters. The molecule has 0 spiro atoms. The minimum Gasteiger partial charge on any atom is -0.466 e. The van der Waals surface area contributed by atoms with Crippen LogP contribution in [-0.2, 0) is 9.53 Å². The number of aliphatic imine (C=N–C) groups is 1. The Labute approximate surface area is 136 Å². The second-order valence-electron chi connectivity index (χ2n) is 4.38. The molecule has 5 heteroatoms. The second kappa shape index (κ2) is 7.66. The zero-order valence-electron chi connectivity index (χ0n) is 11.8. The number of ether oxygens (including phenoxy) is 1.